The van der Waals surface area contributed by atoms with Gasteiger partial charge in [0.25, 0.3) is 0 Å². The van der Waals surface area contributed by atoms with Crippen molar-refractivity contribution in [2.24, 2.45) is 0 Å². The monoisotopic (exact) mass is 255 g/mol. The molecule has 0 aliphatic heterocycles. The fourth-order valence-electron chi connectivity index (χ4n) is 1.60. The van der Waals surface area contributed by atoms with E-state index in [-0.39, 0.29) is 18.2 Å². The molecule has 0 unspecified atom stereocenters. The molecule has 2 nitrogen and oxygen atoms in total. The van der Waals surface area contributed by atoms with Crippen molar-refractivity contribution in [3.63, 3.8) is 0 Å². The Morgan fingerprint density at radius 3 is 2.56 bits per heavy atom. The lowest BCUT2D eigenvalue weighted by Crippen LogP contribution is -2.18. The Morgan fingerprint density at radius 2 is 1.89 bits per heavy atom. The van der Waals surface area contributed by atoms with E-state index in [0.29, 0.717) is 11.8 Å². The molecular formula is C13H12F3NO. The summed E-state index contributed by atoms with van der Waals surface area (Å²) in [5, 5.41) is 2.97. The van der Waals surface area contributed by atoms with E-state index in [4.69, 9.17) is 4.42 Å². The third-order valence-corrected chi connectivity index (χ3v) is 2.66. The fraction of sp³-hybridized carbons (Fsp3) is 0.231. The molecule has 1 aromatic heterocycles. The molecule has 0 spiro atoms. The number of hydrogen-bond donors (Lipinski definition) is 1. The Labute approximate surface area is 102 Å². The summed E-state index contributed by atoms with van der Waals surface area (Å²) in [7, 11) is 0. The fourth-order valence-corrected chi connectivity index (χ4v) is 1.60. The summed E-state index contributed by atoms with van der Waals surface area (Å²) < 4.78 is 44.2. The minimum atomic E-state index is -1.18. The molecule has 5 heteroatoms. The van der Waals surface area contributed by atoms with Crippen molar-refractivity contribution >= 4 is 0 Å². The molecule has 0 aliphatic rings. The summed E-state index contributed by atoms with van der Waals surface area (Å²) in [5.41, 5.74) is 0.0762. The molecule has 2 rings (SSSR count). The van der Waals surface area contributed by atoms with Crippen LogP contribution in [0, 0.1) is 17.5 Å². The highest BCUT2D eigenvalue weighted by Gasteiger charge is 2.12. The Bertz CT molecular complexity index is 525. The summed E-state index contributed by atoms with van der Waals surface area (Å²) in [4.78, 5) is 0. The Kier molecular flexibility index (Phi) is 3.72. The van der Waals surface area contributed by atoms with Gasteiger partial charge in [0.2, 0.25) is 0 Å². The van der Waals surface area contributed by atoms with Crippen LogP contribution in [0.2, 0.25) is 0 Å². The van der Waals surface area contributed by atoms with Gasteiger partial charge in [0.05, 0.1) is 12.3 Å². The van der Waals surface area contributed by atoms with Crippen molar-refractivity contribution in [2.75, 3.05) is 0 Å². The first-order valence-corrected chi connectivity index (χ1v) is 5.48. The molecule has 18 heavy (non-hydrogen) atoms. The molecule has 0 saturated carbocycles. The lowest BCUT2D eigenvalue weighted by atomic mass is 10.1. The molecule has 1 heterocycles. The number of nitrogens with one attached hydrogen (secondary N) is 1. The highest BCUT2D eigenvalue weighted by atomic mass is 19.2. The van der Waals surface area contributed by atoms with Crippen molar-refractivity contribution in [3.05, 3.63) is 59.3 Å². The van der Waals surface area contributed by atoms with Crippen LogP contribution >= 0.6 is 0 Å². The van der Waals surface area contributed by atoms with Crippen LogP contribution in [0.15, 0.2) is 34.9 Å². The molecule has 1 N–H and O–H groups in total. The second-order valence-corrected chi connectivity index (χ2v) is 3.98. The van der Waals surface area contributed by atoms with Crippen LogP contribution < -0.4 is 5.32 Å². The summed E-state index contributed by atoms with van der Waals surface area (Å²) in [5.74, 6) is -2.32. The van der Waals surface area contributed by atoms with Gasteiger partial charge in [-0.2, -0.15) is 0 Å². The van der Waals surface area contributed by atoms with Crippen molar-refractivity contribution < 1.29 is 17.6 Å². The van der Waals surface area contributed by atoms with E-state index in [9.17, 15) is 13.2 Å². The van der Waals surface area contributed by atoms with Gasteiger partial charge in [0.1, 0.15) is 11.6 Å². The highest BCUT2D eigenvalue weighted by Crippen LogP contribution is 2.16. The van der Waals surface area contributed by atoms with Gasteiger partial charge in [-0.3, -0.25) is 0 Å². The zero-order valence-electron chi connectivity index (χ0n) is 9.71. The number of halogens is 3. The maximum atomic E-state index is 13.4. The van der Waals surface area contributed by atoms with Crippen molar-refractivity contribution in [3.8, 4) is 0 Å². The molecule has 0 radical (unpaired) electrons. The minimum absolute atomic E-state index is 0.0762. The predicted octanol–water partition coefficient (Wildman–Crippen LogP) is 3.55. The van der Waals surface area contributed by atoms with Gasteiger partial charge in [-0.05, 0) is 25.1 Å². The van der Waals surface area contributed by atoms with E-state index in [2.05, 4.69) is 5.32 Å². The van der Waals surface area contributed by atoms with E-state index >= 15 is 0 Å². The molecule has 0 saturated heterocycles. The molecule has 1 atom stereocenters. The van der Waals surface area contributed by atoms with Gasteiger partial charge in [0.15, 0.2) is 11.6 Å². The average molecular weight is 255 g/mol. The number of furan rings is 1. The third-order valence-electron chi connectivity index (χ3n) is 2.66. The zero-order chi connectivity index (χ0) is 13.1. The molecule has 0 bridgehead atoms. The largest absolute Gasteiger partial charge is 0.468 e. The standard InChI is InChI=1S/C13H12F3NO/c1-8(13-3-2-4-18-13)17-7-9-5-11(15)12(16)6-10(9)14/h2-6,8,17H,7H2,1H3/t8-/m0/s1. The Morgan fingerprint density at radius 1 is 1.17 bits per heavy atom. The van der Waals surface area contributed by atoms with Crippen molar-refractivity contribution in [1.82, 2.24) is 5.32 Å². The Hall–Kier alpha value is -1.75. The van der Waals surface area contributed by atoms with Crippen molar-refractivity contribution in [2.45, 2.75) is 19.5 Å². The summed E-state index contributed by atoms with van der Waals surface area (Å²) in [6, 6.07) is 4.77. The van der Waals surface area contributed by atoms with Gasteiger partial charge < -0.3 is 9.73 Å². The molecule has 1 aromatic carbocycles. The minimum Gasteiger partial charge on any atom is -0.468 e. The van der Waals surface area contributed by atoms with Crippen molar-refractivity contribution in [1.29, 1.82) is 0 Å². The number of benzene rings is 1. The van der Waals surface area contributed by atoms with Gasteiger partial charge in [0, 0.05) is 18.2 Å². The predicted molar refractivity (Wildman–Crippen MR) is 60.3 cm³/mol. The molecule has 96 valence electrons. The lowest BCUT2D eigenvalue weighted by Gasteiger charge is -2.12. The van der Waals surface area contributed by atoms with E-state index < -0.39 is 17.5 Å². The van der Waals surface area contributed by atoms with E-state index in [0.717, 1.165) is 6.07 Å². The average Bonchev–Trinajstić information content (AvgIpc) is 2.85. The number of hydrogen-bond acceptors (Lipinski definition) is 2. The normalized spacial score (nSPS) is 12.7. The van der Waals surface area contributed by atoms with E-state index in [1.165, 1.54) is 6.26 Å². The molecule has 0 aliphatic carbocycles. The first-order chi connectivity index (χ1) is 8.58. The van der Waals surface area contributed by atoms with Crippen LogP contribution in [-0.4, -0.2) is 0 Å². The second-order valence-electron chi connectivity index (χ2n) is 3.98. The highest BCUT2D eigenvalue weighted by molar-refractivity contribution is 5.20. The first kappa shape index (κ1) is 12.7. The summed E-state index contributed by atoms with van der Waals surface area (Å²) in [6.45, 7) is 1.92. The number of rotatable bonds is 4. The summed E-state index contributed by atoms with van der Waals surface area (Å²) in [6.07, 6.45) is 1.53. The van der Waals surface area contributed by atoms with Gasteiger partial charge >= 0.3 is 0 Å². The topological polar surface area (TPSA) is 25.2 Å². The molecular weight excluding hydrogens is 243 g/mol. The van der Waals surface area contributed by atoms with E-state index in [1.807, 2.05) is 6.92 Å². The van der Waals surface area contributed by atoms with Crippen LogP contribution in [0.4, 0.5) is 13.2 Å². The van der Waals surface area contributed by atoms with Crippen LogP contribution in [0.3, 0.4) is 0 Å². The molecule has 0 amide bonds. The summed E-state index contributed by atoms with van der Waals surface area (Å²) >= 11 is 0. The molecule has 2 aromatic rings. The zero-order valence-corrected chi connectivity index (χ0v) is 9.71. The van der Waals surface area contributed by atoms with Crippen LogP contribution in [0.5, 0.6) is 0 Å². The van der Waals surface area contributed by atoms with Gasteiger partial charge in [-0.15, -0.1) is 0 Å². The van der Waals surface area contributed by atoms with E-state index in [1.54, 1.807) is 12.1 Å². The first-order valence-electron chi connectivity index (χ1n) is 5.48. The smallest absolute Gasteiger partial charge is 0.161 e. The molecule has 0 fully saturated rings. The van der Waals surface area contributed by atoms with Gasteiger partial charge in [-0.1, -0.05) is 0 Å². The van der Waals surface area contributed by atoms with Crippen LogP contribution in [0.25, 0.3) is 0 Å². The third kappa shape index (κ3) is 2.73. The van der Waals surface area contributed by atoms with Crippen LogP contribution in [0.1, 0.15) is 24.3 Å². The second kappa shape index (κ2) is 5.27. The van der Waals surface area contributed by atoms with Crippen LogP contribution in [-0.2, 0) is 6.54 Å². The lowest BCUT2D eigenvalue weighted by molar-refractivity contribution is 0.424. The quantitative estimate of drug-likeness (QED) is 0.845. The SMILES string of the molecule is C[C@H](NCc1cc(F)c(F)cc1F)c1ccco1. The maximum Gasteiger partial charge on any atom is 0.161 e. The van der Waals surface area contributed by atoms with Gasteiger partial charge in [-0.25, -0.2) is 13.2 Å². The Balaban J connectivity index is 2.04. The maximum absolute atomic E-state index is 13.4.